The number of amides is 1. The van der Waals surface area contributed by atoms with Crippen LogP contribution in [0.5, 0.6) is 0 Å². The number of hydrazine groups is 1. The molecule has 0 aromatic heterocycles. The highest BCUT2D eigenvalue weighted by Gasteiger charge is 1.96. The number of nitrogens with one attached hydrogen (secondary N) is 1. The van der Waals surface area contributed by atoms with Crippen LogP contribution in [0.25, 0.3) is 0 Å². The molecule has 0 atom stereocenters. The second-order valence-corrected chi connectivity index (χ2v) is 3.71. The Balaban J connectivity index is 2.95. The van der Waals surface area contributed by atoms with Crippen LogP contribution >= 0.6 is 11.8 Å². The van der Waals surface area contributed by atoms with Crippen molar-refractivity contribution in [1.29, 1.82) is 0 Å². The van der Waals surface area contributed by atoms with Crippen molar-refractivity contribution in [3.63, 3.8) is 0 Å². The Hall–Kier alpha value is -0.220. The number of rotatable bonds is 7. The molecular formula is C8H18N2OS. The lowest BCUT2D eigenvalue weighted by Crippen LogP contribution is -2.29. The molecule has 0 aliphatic carbocycles. The summed E-state index contributed by atoms with van der Waals surface area (Å²) in [6, 6.07) is 0. The van der Waals surface area contributed by atoms with Crippen LogP contribution in [-0.4, -0.2) is 17.9 Å². The van der Waals surface area contributed by atoms with E-state index in [4.69, 9.17) is 5.84 Å². The van der Waals surface area contributed by atoms with Crippen molar-refractivity contribution >= 4 is 17.7 Å². The average Bonchev–Trinajstić information content (AvgIpc) is 2.10. The first-order valence-corrected chi connectivity index (χ1v) is 5.69. The molecule has 72 valence electrons. The molecule has 0 rings (SSSR count). The SMILES string of the molecule is CSCCCCCCC(=O)NN. The molecule has 0 fully saturated rings. The van der Waals surface area contributed by atoms with E-state index in [1.165, 1.54) is 18.6 Å². The van der Waals surface area contributed by atoms with E-state index in [2.05, 4.69) is 11.7 Å². The second kappa shape index (κ2) is 8.87. The molecule has 3 N–H and O–H groups in total. The fraction of sp³-hybridized carbons (Fsp3) is 0.875. The van der Waals surface area contributed by atoms with E-state index >= 15 is 0 Å². The zero-order valence-corrected chi connectivity index (χ0v) is 8.45. The first-order chi connectivity index (χ1) is 5.81. The van der Waals surface area contributed by atoms with Crippen LogP contribution in [0.15, 0.2) is 0 Å². The largest absolute Gasteiger partial charge is 0.294 e. The summed E-state index contributed by atoms with van der Waals surface area (Å²) >= 11 is 1.87. The highest BCUT2D eigenvalue weighted by atomic mass is 32.2. The molecular weight excluding hydrogens is 172 g/mol. The molecule has 0 saturated heterocycles. The van der Waals surface area contributed by atoms with Crippen molar-refractivity contribution in [3.8, 4) is 0 Å². The number of hydrogen-bond donors (Lipinski definition) is 2. The van der Waals surface area contributed by atoms with Crippen LogP contribution in [0.1, 0.15) is 32.1 Å². The van der Waals surface area contributed by atoms with Gasteiger partial charge in [-0.25, -0.2) is 5.84 Å². The van der Waals surface area contributed by atoms with Crippen molar-refractivity contribution in [1.82, 2.24) is 5.43 Å². The van der Waals surface area contributed by atoms with E-state index in [1.54, 1.807) is 0 Å². The fourth-order valence-corrected chi connectivity index (χ4v) is 1.45. The summed E-state index contributed by atoms with van der Waals surface area (Å²) in [5, 5.41) is 0. The molecule has 0 aromatic carbocycles. The lowest BCUT2D eigenvalue weighted by Gasteiger charge is -1.99. The van der Waals surface area contributed by atoms with Crippen molar-refractivity contribution in [2.24, 2.45) is 5.84 Å². The third-order valence-electron chi connectivity index (χ3n) is 1.66. The van der Waals surface area contributed by atoms with Crippen LogP contribution < -0.4 is 11.3 Å². The lowest BCUT2D eigenvalue weighted by atomic mass is 10.1. The summed E-state index contributed by atoms with van der Waals surface area (Å²) in [6.45, 7) is 0. The maximum Gasteiger partial charge on any atom is 0.233 e. The molecule has 0 aliphatic heterocycles. The number of thioether (sulfide) groups is 1. The molecule has 0 spiro atoms. The van der Waals surface area contributed by atoms with Gasteiger partial charge in [0.2, 0.25) is 5.91 Å². The number of carbonyl (C=O) groups is 1. The van der Waals surface area contributed by atoms with E-state index in [0.717, 1.165) is 12.8 Å². The Bertz CT molecular complexity index is 120. The number of nitrogens with two attached hydrogens (primary N) is 1. The van der Waals surface area contributed by atoms with Crippen LogP contribution in [0.3, 0.4) is 0 Å². The van der Waals surface area contributed by atoms with Gasteiger partial charge in [-0.2, -0.15) is 11.8 Å². The highest BCUT2D eigenvalue weighted by molar-refractivity contribution is 7.98. The average molecular weight is 190 g/mol. The standard InChI is InChI=1S/C8H18N2OS/c1-12-7-5-3-2-4-6-8(11)10-9/h2-7,9H2,1H3,(H,10,11). The molecule has 12 heavy (non-hydrogen) atoms. The number of unbranched alkanes of at least 4 members (excludes halogenated alkanes) is 3. The van der Waals surface area contributed by atoms with Gasteiger partial charge in [0, 0.05) is 6.42 Å². The van der Waals surface area contributed by atoms with Crippen LogP contribution in [0.2, 0.25) is 0 Å². The topological polar surface area (TPSA) is 55.1 Å². The zero-order valence-electron chi connectivity index (χ0n) is 7.64. The van der Waals surface area contributed by atoms with Gasteiger partial charge >= 0.3 is 0 Å². The quantitative estimate of drug-likeness (QED) is 0.275. The summed E-state index contributed by atoms with van der Waals surface area (Å²) < 4.78 is 0. The first kappa shape index (κ1) is 11.8. The highest BCUT2D eigenvalue weighted by Crippen LogP contribution is 2.05. The Labute approximate surface area is 78.4 Å². The summed E-state index contributed by atoms with van der Waals surface area (Å²) in [6.07, 6.45) is 7.24. The van der Waals surface area contributed by atoms with Gasteiger partial charge in [-0.1, -0.05) is 12.8 Å². The maximum absolute atomic E-state index is 10.7. The van der Waals surface area contributed by atoms with E-state index in [9.17, 15) is 4.79 Å². The summed E-state index contributed by atoms with van der Waals surface area (Å²) in [7, 11) is 0. The normalized spacial score (nSPS) is 9.83. The Morgan fingerprint density at radius 2 is 2.00 bits per heavy atom. The lowest BCUT2D eigenvalue weighted by molar-refractivity contribution is -0.121. The maximum atomic E-state index is 10.7. The minimum Gasteiger partial charge on any atom is -0.294 e. The third-order valence-corrected chi connectivity index (χ3v) is 2.36. The van der Waals surface area contributed by atoms with Gasteiger partial charge in [0.1, 0.15) is 0 Å². The molecule has 0 saturated carbocycles. The van der Waals surface area contributed by atoms with Crippen molar-refractivity contribution in [2.45, 2.75) is 32.1 Å². The summed E-state index contributed by atoms with van der Waals surface area (Å²) in [5.74, 6) is 6.10. The van der Waals surface area contributed by atoms with Crippen molar-refractivity contribution in [3.05, 3.63) is 0 Å². The predicted molar refractivity (Wildman–Crippen MR) is 53.8 cm³/mol. The van der Waals surface area contributed by atoms with Gasteiger partial charge in [-0.15, -0.1) is 0 Å². The zero-order chi connectivity index (χ0) is 9.23. The van der Waals surface area contributed by atoms with E-state index in [-0.39, 0.29) is 5.91 Å². The Morgan fingerprint density at radius 1 is 1.33 bits per heavy atom. The summed E-state index contributed by atoms with van der Waals surface area (Å²) in [4.78, 5) is 10.7. The van der Waals surface area contributed by atoms with Crippen molar-refractivity contribution < 1.29 is 4.79 Å². The van der Waals surface area contributed by atoms with Gasteiger partial charge in [-0.05, 0) is 24.9 Å². The van der Waals surface area contributed by atoms with Crippen molar-refractivity contribution in [2.75, 3.05) is 12.0 Å². The second-order valence-electron chi connectivity index (χ2n) is 2.72. The number of carbonyl (C=O) groups excluding carboxylic acids is 1. The minimum absolute atomic E-state index is 0.0557. The molecule has 0 heterocycles. The van der Waals surface area contributed by atoms with Crippen LogP contribution in [-0.2, 0) is 4.79 Å². The molecule has 0 unspecified atom stereocenters. The van der Waals surface area contributed by atoms with Gasteiger partial charge < -0.3 is 0 Å². The molecule has 0 aromatic rings. The molecule has 0 aliphatic rings. The predicted octanol–water partition coefficient (Wildman–Crippen LogP) is 1.29. The monoisotopic (exact) mass is 190 g/mol. The Kier molecular flexibility index (Phi) is 8.71. The van der Waals surface area contributed by atoms with Crippen LogP contribution in [0, 0.1) is 0 Å². The van der Waals surface area contributed by atoms with Crippen LogP contribution in [0.4, 0.5) is 0 Å². The fourth-order valence-electron chi connectivity index (χ4n) is 0.958. The van der Waals surface area contributed by atoms with E-state index < -0.39 is 0 Å². The van der Waals surface area contributed by atoms with Gasteiger partial charge in [-0.3, -0.25) is 10.2 Å². The molecule has 4 heteroatoms. The van der Waals surface area contributed by atoms with Gasteiger partial charge in [0.25, 0.3) is 0 Å². The van der Waals surface area contributed by atoms with Gasteiger partial charge in [0.05, 0.1) is 0 Å². The minimum atomic E-state index is -0.0557. The Morgan fingerprint density at radius 3 is 2.58 bits per heavy atom. The molecule has 0 radical (unpaired) electrons. The molecule has 1 amide bonds. The summed E-state index contributed by atoms with van der Waals surface area (Å²) in [5.41, 5.74) is 2.12. The molecule has 0 bridgehead atoms. The van der Waals surface area contributed by atoms with Gasteiger partial charge in [0.15, 0.2) is 0 Å². The van der Waals surface area contributed by atoms with E-state index in [1.807, 2.05) is 11.8 Å². The first-order valence-electron chi connectivity index (χ1n) is 4.29. The smallest absolute Gasteiger partial charge is 0.233 e. The third kappa shape index (κ3) is 7.88. The number of hydrogen-bond acceptors (Lipinski definition) is 3. The van der Waals surface area contributed by atoms with E-state index in [0.29, 0.717) is 6.42 Å². The molecule has 3 nitrogen and oxygen atoms in total.